The molecule has 62 valence electrons. The highest BCUT2D eigenvalue weighted by atomic mass is 31.2. The lowest BCUT2D eigenvalue weighted by atomic mass is 10.2. The van der Waals surface area contributed by atoms with Crippen molar-refractivity contribution in [2.75, 3.05) is 0 Å². The van der Waals surface area contributed by atoms with Crippen LogP contribution in [0.2, 0.25) is 0 Å². The molecule has 1 unspecified atom stereocenters. The second-order valence-electron chi connectivity index (χ2n) is 2.30. The van der Waals surface area contributed by atoms with Crippen LogP contribution in [0.1, 0.15) is 13.8 Å². The van der Waals surface area contributed by atoms with E-state index >= 15 is 0 Å². The highest BCUT2D eigenvalue weighted by Gasteiger charge is 2.20. The van der Waals surface area contributed by atoms with E-state index in [1.807, 2.05) is 0 Å². The van der Waals surface area contributed by atoms with E-state index in [-0.39, 0.29) is 5.92 Å². The van der Waals surface area contributed by atoms with Gasteiger partial charge in [-0.3, -0.25) is 4.52 Å². The van der Waals surface area contributed by atoms with Gasteiger partial charge in [0.1, 0.15) is 6.23 Å². The summed E-state index contributed by atoms with van der Waals surface area (Å²) in [4.78, 5) is 16.5. The maximum atomic E-state index is 10.1. The highest BCUT2D eigenvalue weighted by Crippen LogP contribution is 2.37. The summed E-state index contributed by atoms with van der Waals surface area (Å²) in [6.07, 6.45) is -0.902. The first-order valence-electron chi connectivity index (χ1n) is 2.82. The zero-order valence-corrected chi connectivity index (χ0v) is 6.78. The van der Waals surface area contributed by atoms with Crippen LogP contribution in [0.15, 0.2) is 0 Å². The molecular formula is C4H12NO4P. The van der Waals surface area contributed by atoms with Gasteiger partial charge in [0.25, 0.3) is 0 Å². The van der Waals surface area contributed by atoms with Crippen LogP contribution in [0.3, 0.4) is 0 Å². The average Bonchev–Trinajstić information content (AvgIpc) is 1.60. The lowest BCUT2D eigenvalue weighted by molar-refractivity contribution is 0.105. The van der Waals surface area contributed by atoms with Crippen molar-refractivity contribution in [1.82, 2.24) is 0 Å². The highest BCUT2D eigenvalue weighted by molar-refractivity contribution is 7.46. The molecule has 0 amide bonds. The quantitative estimate of drug-likeness (QED) is 0.409. The third-order valence-electron chi connectivity index (χ3n) is 0.916. The summed E-state index contributed by atoms with van der Waals surface area (Å²) in [7, 11) is -4.40. The molecule has 0 spiro atoms. The van der Waals surface area contributed by atoms with E-state index in [4.69, 9.17) is 15.5 Å². The van der Waals surface area contributed by atoms with Crippen LogP contribution in [-0.4, -0.2) is 16.0 Å². The molecule has 0 saturated heterocycles. The summed E-state index contributed by atoms with van der Waals surface area (Å²) in [5.74, 6) is -0.104. The van der Waals surface area contributed by atoms with Crippen LogP contribution in [0.25, 0.3) is 0 Å². The molecule has 4 N–H and O–H groups in total. The van der Waals surface area contributed by atoms with Crippen LogP contribution in [0, 0.1) is 5.92 Å². The van der Waals surface area contributed by atoms with E-state index in [2.05, 4.69) is 4.52 Å². The van der Waals surface area contributed by atoms with Crippen molar-refractivity contribution in [3.05, 3.63) is 0 Å². The first-order chi connectivity index (χ1) is 4.33. The summed E-state index contributed by atoms with van der Waals surface area (Å²) < 4.78 is 14.3. The van der Waals surface area contributed by atoms with E-state index < -0.39 is 14.1 Å². The Morgan fingerprint density at radius 3 is 2.00 bits per heavy atom. The third kappa shape index (κ3) is 4.90. The molecule has 0 aromatic carbocycles. The maximum absolute atomic E-state index is 10.1. The standard InChI is InChI=1S/C4H12NO4P/c1-3(2)4(5)9-10(6,7)8/h3-4H,5H2,1-2H3,(H2,6,7,8). The van der Waals surface area contributed by atoms with Gasteiger partial charge in [-0.15, -0.1) is 0 Å². The van der Waals surface area contributed by atoms with Crippen LogP contribution in [-0.2, 0) is 9.09 Å². The molecule has 0 aromatic heterocycles. The zero-order valence-electron chi connectivity index (χ0n) is 5.89. The predicted molar refractivity (Wildman–Crippen MR) is 35.9 cm³/mol. The molecule has 0 radical (unpaired) electrons. The Hall–Kier alpha value is 0.0700. The van der Waals surface area contributed by atoms with Gasteiger partial charge in [0.15, 0.2) is 0 Å². The molecule has 0 heterocycles. The van der Waals surface area contributed by atoms with Gasteiger partial charge in [-0.25, -0.2) is 4.57 Å². The molecule has 0 fully saturated rings. The van der Waals surface area contributed by atoms with Crippen molar-refractivity contribution < 1.29 is 18.9 Å². The van der Waals surface area contributed by atoms with Crippen LogP contribution in [0.4, 0.5) is 0 Å². The summed E-state index contributed by atoms with van der Waals surface area (Å²) >= 11 is 0. The van der Waals surface area contributed by atoms with Crippen molar-refractivity contribution in [3.8, 4) is 0 Å². The van der Waals surface area contributed by atoms with Crippen LogP contribution >= 0.6 is 7.82 Å². The second-order valence-corrected chi connectivity index (χ2v) is 3.50. The Balaban J connectivity index is 3.80. The molecule has 5 nitrogen and oxygen atoms in total. The van der Waals surface area contributed by atoms with Gasteiger partial charge in [-0.05, 0) is 5.92 Å². The zero-order chi connectivity index (χ0) is 8.36. The van der Waals surface area contributed by atoms with Crippen LogP contribution < -0.4 is 5.73 Å². The number of hydrogen-bond donors (Lipinski definition) is 3. The summed E-state index contributed by atoms with van der Waals surface area (Å²) in [6, 6.07) is 0. The number of phosphoric ester groups is 1. The van der Waals surface area contributed by atoms with Gasteiger partial charge in [0.2, 0.25) is 0 Å². The van der Waals surface area contributed by atoms with E-state index in [9.17, 15) is 4.57 Å². The molecule has 0 aliphatic rings. The summed E-state index contributed by atoms with van der Waals surface area (Å²) in [5, 5.41) is 0. The molecule has 1 atom stereocenters. The van der Waals surface area contributed by atoms with Gasteiger partial charge in [-0.1, -0.05) is 13.8 Å². The van der Waals surface area contributed by atoms with E-state index in [1.54, 1.807) is 13.8 Å². The third-order valence-corrected chi connectivity index (χ3v) is 1.43. The minimum Gasteiger partial charge on any atom is -0.305 e. The van der Waals surface area contributed by atoms with Crippen molar-refractivity contribution in [2.24, 2.45) is 11.7 Å². The monoisotopic (exact) mass is 169 g/mol. The van der Waals surface area contributed by atoms with Gasteiger partial charge in [0, 0.05) is 0 Å². The van der Waals surface area contributed by atoms with Gasteiger partial charge < -0.3 is 15.5 Å². The molecule has 0 saturated carbocycles. The summed E-state index contributed by atoms with van der Waals surface area (Å²) in [5.41, 5.74) is 5.19. The Morgan fingerprint density at radius 2 is 1.90 bits per heavy atom. The Labute approximate surface area is 59.4 Å². The van der Waals surface area contributed by atoms with Crippen molar-refractivity contribution in [1.29, 1.82) is 0 Å². The normalized spacial score (nSPS) is 15.8. The Kier molecular flexibility index (Phi) is 3.48. The SMILES string of the molecule is CC(C)C(N)OP(=O)(O)O. The van der Waals surface area contributed by atoms with Gasteiger partial charge in [-0.2, -0.15) is 0 Å². The lowest BCUT2D eigenvalue weighted by Gasteiger charge is -2.15. The first-order valence-corrected chi connectivity index (χ1v) is 4.35. The van der Waals surface area contributed by atoms with Crippen molar-refractivity contribution in [2.45, 2.75) is 20.1 Å². The lowest BCUT2D eigenvalue weighted by Crippen LogP contribution is -2.28. The molecule has 6 heteroatoms. The minimum absolute atomic E-state index is 0.104. The number of phosphoric acid groups is 1. The van der Waals surface area contributed by atoms with E-state index in [0.29, 0.717) is 0 Å². The van der Waals surface area contributed by atoms with Crippen molar-refractivity contribution in [3.63, 3.8) is 0 Å². The summed E-state index contributed by atoms with van der Waals surface area (Å²) in [6.45, 7) is 3.42. The predicted octanol–water partition coefficient (Wildman–Crippen LogP) is 0.0365. The number of hydrogen-bond acceptors (Lipinski definition) is 3. The fourth-order valence-electron chi connectivity index (χ4n) is 0.280. The average molecular weight is 169 g/mol. The maximum Gasteiger partial charge on any atom is 0.471 e. The topological polar surface area (TPSA) is 92.8 Å². The minimum atomic E-state index is -4.40. The second kappa shape index (κ2) is 3.46. The molecule has 0 rings (SSSR count). The number of rotatable bonds is 3. The first kappa shape index (κ1) is 10.1. The van der Waals surface area contributed by atoms with Crippen LogP contribution in [0.5, 0.6) is 0 Å². The molecule has 0 bridgehead atoms. The molecule has 0 aliphatic heterocycles. The van der Waals surface area contributed by atoms with Crippen molar-refractivity contribution >= 4 is 7.82 Å². The van der Waals surface area contributed by atoms with Gasteiger partial charge in [0.05, 0.1) is 0 Å². The molecule has 10 heavy (non-hydrogen) atoms. The molecule has 0 aliphatic carbocycles. The molecule has 0 aromatic rings. The van der Waals surface area contributed by atoms with E-state index in [0.717, 1.165) is 0 Å². The van der Waals surface area contributed by atoms with Gasteiger partial charge >= 0.3 is 7.82 Å². The number of nitrogens with two attached hydrogens (primary N) is 1. The largest absolute Gasteiger partial charge is 0.471 e. The van der Waals surface area contributed by atoms with E-state index in [1.165, 1.54) is 0 Å². The Morgan fingerprint density at radius 1 is 1.50 bits per heavy atom. The molecular weight excluding hydrogens is 157 g/mol. The Bertz CT molecular complexity index is 142. The fraction of sp³-hybridized carbons (Fsp3) is 1.00. The fourth-order valence-corrected chi connectivity index (χ4v) is 0.841. The smallest absolute Gasteiger partial charge is 0.305 e.